The van der Waals surface area contributed by atoms with Gasteiger partial charge in [0.2, 0.25) is 0 Å². The van der Waals surface area contributed by atoms with E-state index in [1.165, 1.54) is 18.2 Å². The molecule has 2 unspecified atom stereocenters. The number of carboxylic acids is 1. The van der Waals surface area contributed by atoms with Gasteiger partial charge in [0.1, 0.15) is 5.25 Å². The number of carboxylic acid groups (broad SMARTS) is 1. The highest BCUT2D eigenvalue weighted by Gasteiger charge is 2.25. The third kappa shape index (κ3) is 3.69. The fraction of sp³-hybridized carbons (Fsp3) is 0.364. The number of rotatable bonds is 5. The van der Waals surface area contributed by atoms with Gasteiger partial charge in [-0.05, 0) is 24.6 Å². The summed E-state index contributed by atoms with van der Waals surface area (Å²) in [5.74, 6) is -1.06. The minimum absolute atomic E-state index is 0.276. The summed E-state index contributed by atoms with van der Waals surface area (Å²) in [5.41, 5.74) is 0. The first-order valence-corrected chi connectivity index (χ1v) is 7.02. The molecule has 0 spiro atoms. The second-order valence-electron chi connectivity index (χ2n) is 3.49. The second-order valence-corrected chi connectivity index (χ2v) is 5.94. The van der Waals surface area contributed by atoms with Crippen molar-refractivity contribution in [3.63, 3.8) is 0 Å². The quantitative estimate of drug-likeness (QED) is 0.906. The molecule has 1 aromatic rings. The van der Waals surface area contributed by atoms with Crippen LogP contribution < -0.4 is 0 Å². The minimum atomic E-state index is -1.61. The Morgan fingerprint density at radius 3 is 2.53 bits per heavy atom. The molecule has 1 rings (SSSR count). The summed E-state index contributed by atoms with van der Waals surface area (Å²) >= 11 is 11.5. The Balaban J connectivity index is 3.01. The molecule has 6 heteroatoms. The lowest BCUT2D eigenvalue weighted by Crippen LogP contribution is -2.25. The van der Waals surface area contributed by atoms with Crippen LogP contribution in [0.15, 0.2) is 23.1 Å². The van der Waals surface area contributed by atoms with Crippen molar-refractivity contribution in [3.05, 3.63) is 28.2 Å². The molecular weight excluding hydrogens is 283 g/mol. The first-order valence-electron chi connectivity index (χ1n) is 5.05. The molecule has 0 amide bonds. The molecule has 0 aromatic heterocycles. The molecule has 17 heavy (non-hydrogen) atoms. The van der Waals surface area contributed by atoms with E-state index < -0.39 is 22.0 Å². The van der Waals surface area contributed by atoms with E-state index in [0.717, 1.165) is 0 Å². The number of hydrogen-bond donors (Lipinski definition) is 1. The van der Waals surface area contributed by atoms with Crippen molar-refractivity contribution in [3.8, 4) is 0 Å². The van der Waals surface area contributed by atoms with Gasteiger partial charge in [-0.15, -0.1) is 0 Å². The molecule has 2 atom stereocenters. The van der Waals surface area contributed by atoms with Gasteiger partial charge in [-0.1, -0.05) is 36.5 Å². The molecule has 0 aliphatic rings. The molecule has 0 fully saturated rings. The van der Waals surface area contributed by atoms with Crippen molar-refractivity contribution in [1.82, 2.24) is 0 Å². The SMILES string of the molecule is CCCC(C(=O)O)S(=O)c1ccc(Cl)c(Cl)c1. The summed E-state index contributed by atoms with van der Waals surface area (Å²) in [6.45, 7) is 1.85. The zero-order chi connectivity index (χ0) is 13.0. The van der Waals surface area contributed by atoms with Crippen molar-refractivity contribution in [2.45, 2.75) is 29.9 Å². The van der Waals surface area contributed by atoms with E-state index in [-0.39, 0.29) is 5.02 Å². The fourth-order valence-corrected chi connectivity index (χ4v) is 3.11. The van der Waals surface area contributed by atoms with Gasteiger partial charge in [-0.3, -0.25) is 9.00 Å². The highest BCUT2D eigenvalue weighted by Crippen LogP contribution is 2.26. The standard InChI is InChI=1S/C11H12Cl2O3S/c1-2-3-10(11(14)15)17(16)7-4-5-8(12)9(13)6-7/h4-6,10H,2-3H2,1H3,(H,14,15). The summed E-state index contributed by atoms with van der Waals surface area (Å²) in [5, 5.41) is 8.73. The maximum atomic E-state index is 12.1. The van der Waals surface area contributed by atoms with E-state index in [9.17, 15) is 9.00 Å². The Labute approximate surface area is 112 Å². The van der Waals surface area contributed by atoms with E-state index in [1.54, 1.807) is 0 Å². The van der Waals surface area contributed by atoms with Gasteiger partial charge in [-0.2, -0.15) is 0 Å². The largest absolute Gasteiger partial charge is 0.480 e. The predicted molar refractivity (Wildman–Crippen MR) is 69.2 cm³/mol. The van der Waals surface area contributed by atoms with E-state index in [4.69, 9.17) is 28.3 Å². The third-order valence-corrected chi connectivity index (χ3v) is 4.62. The molecule has 0 bridgehead atoms. The van der Waals surface area contributed by atoms with Crippen LogP contribution in [0.25, 0.3) is 0 Å². The Hall–Kier alpha value is -0.580. The molecule has 3 nitrogen and oxygen atoms in total. The van der Waals surface area contributed by atoms with Gasteiger partial charge >= 0.3 is 5.97 Å². The van der Waals surface area contributed by atoms with E-state index >= 15 is 0 Å². The van der Waals surface area contributed by atoms with Crippen molar-refractivity contribution in [2.24, 2.45) is 0 Å². The van der Waals surface area contributed by atoms with Crippen LogP contribution in [-0.2, 0) is 15.6 Å². The van der Waals surface area contributed by atoms with Crippen LogP contribution in [0.2, 0.25) is 10.0 Å². The zero-order valence-electron chi connectivity index (χ0n) is 9.15. The fourth-order valence-electron chi connectivity index (χ4n) is 1.35. The lowest BCUT2D eigenvalue weighted by Gasteiger charge is -2.11. The molecule has 0 saturated carbocycles. The van der Waals surface area contributed by atoms with Crippen molar-refractivity contribution in [2.75, 3.05) is 0 Å². The van der Waals surface area contributed by atoms with Crippen molar-refractivity contribution >= 4 is 40.0 Å². The smallest absolute Gasteiger partial charge is 0.319 e. The highest BCUT2D eigenvalue weighted by molar-refractivity contribution is 7.86. The number of aliphatic carboxylic acids is 1. The number of halogens is 2. The Morgan fingerprint density at radius 2 is 2.06 bits per heavy atom. The zero-order valence-corrected chi connectivity index (χ0v) is 11.5. The molecule has 0 aliphatic heterocycles. The van der Waals surface area contributed by atoms with Gasteiger partial charge in [0.15, 0.2) is 0 Å². The predicted octanol–water partition coefficient (Wildman–Crippen LogP) is 3.35. The van der Waals surface area contributed by atoms with Gasteiger partial charge in [0, 0.05) is 4.90 Å². The summed E-state index contributed by atoms with van der Waals surface area (Å²) in [6, 6.07) is 4.50. The van der Waals surface area contributed by atoms with Crippen LogP contribution in [0.4, 0.5) is 0 Å². The van der Waals surface area contributed by atoms with Gasteiger partial charge < -0.3 is 5.11 Å². The van der Waals surface area contributed by atoms with Crippen LogP contribution in [0, 0.1) is 0 Å². The average Bonchev–Trinajstić information content (AvgIpc) is 2.28. The van der Waals surface area contributed by atoms with Crippen LogP contribution in [0.3, 0.4) is 0 Å². The molecule has 0 saturated heterocycles. The topological polar surface area (TPSA) is 54.4 Å². The second kappa shape index (κ2) is 6.38. The van der Waals surface area contributed by atoms with E-state index in [0.29, 0.717) is 22.8 Å². The molecule has 1 aromatic carbocycles. The lowest BCUT2D eigenvalue weighted by atomic mass is 10.2. The molecule has 94 valence electrons. The van der Waals surface area contributed by atoms with E-state index in [2.05, 4.69) is 0 Å². The van der Waals surface area contributed by atoms with Gasteiger partial charge in [-0.25, -0.2) is 0 Å². The average molecular weight is 295 g/mol. The number of benzene rings is 1. The summed E-state index contributed by atoms with van der Waals surface area (Å²) in [6.07, 6.45) is 1.02. The number of carbonyl (C=O) groups is 1. The maximum absolute atomic E-state index is 12.1. The lowest BCUT2D eigenvalue weighted by molar-refractivity contribution is -0.136. The third-order valence-electron chi connectivity index (χ3n) is 2.21. The van der Waals surface area contributed by atoms with Crippen LogP contribution in [-0.4, -0.2) is 20.5 Å². The van der Waals surface area contributed by atoms with E-state index in [1.807, 2.05) is 6.92 Å². The van der Waals surface area contributed by atoms with Crippen molar-refractivity contribution < 1.29 is 14.1 Å². The maximum Gasteiger partial charge on any atom is 0.319 e. The van der Waals surface area contributed by atoms with Crippen LogP contribution >= 0.6 is 23.2 Å². The first-order chi connectivity index (χ1) is 7.97. The highest BCUT2D eigenvalue weighted by atomic mass is 35.5. The van der Waals surface area contributed by atoms with Crippen molar-refractivity contribution in [1.29, 1.82) is 0 Å². The Bertz CT molecular complexity index is 448. The minimum Gasteiger partial charge on any atom is -0.480 e. The molecule has 1 N–H and O–H groups in total. The molecular formula is C11H12Cl2O3S. The molecule has 0 aliphatic carbocycles. The number of hydrogen-bond acceptors (Lipinski definition) is 2. The van der Waals surface area contributed by atoms with Gasteiger partial charge in [0.25, 0.3) is 0 Å². The van der Waals surface area contributed by atoms with Crippen LogP contribution in [0.1, 0.15) is 19.8 Å². The Morgan fingerprint density at radius 1 is 1.41 bits per heavy atom. The first kappa shape index (κ1) is 14.5. The summed E-state index contributed by atoms with van der Waals surface area (Å²) in [7, 11) is -1.61. The van der Waals surface area contributed by atoms with Crippen LogP contribution in [0.5, 0.6) is 0 Å². The summed E-state index contributed by atoms with van der Waals surface area (Å²) in [4.78, 5) is 11.4. The normalized spacial score (nSPS) is 14.3. The Kier molecular flexibility index (Phi) is 5.43. The van der Waals surface area contributed by atoms with Gasteiger partial charge in [0.05, 0.1) is 20.8 Å². The molecule has 0 heterocycles. The molecule has 0 radical (unpaired) electrons. The monoisotopic (exact) mass is 294 g/mol. The summed E-state index contributed by atoms with van der Waals surface area (Å²) < 4.78 is 12.1.